The fraction of sp³-hybridized carbons (Fsp3) is 0.533. The van der Waals surface area contributed by atoms with Crippen molar-refractivity contribution in [2.75, 3.05) is 13.6 Å². The molecule has 20 heavy (non-hydrogen) atoms. The third-order valence-corrected chi connectivity index (χ3v) is 3.92. The molecule has 3 nitrogen and oxygen atoms in total. The maximum atomic E-state index is 12.8. The maximum Gasteiger partial charge on any atom is 0.242 e. The van der Waals surface area contributed by atoms with Crippen molar-refractivity contribution in [2.45, 2.75) is 37.6 Å². The lowest BCUT2D eigenvalue weighted by Gasteiger charge is -2.28. The van der Waals surface area contributed by atoms with Crippen LogP contribution in [-0.2, 0) is 11.2 Å². The van der Waals surface area contributed by atoms with Crippen molar-refractivity contribution in [3.8, 4) is 0 Å². The fourth-order valence-corrected chi connectivity index (χ4v) is 2.65. The van der Waals surface area contributed by atoms with Gasteiger partial charge >= 0.3 is 0 Å². The van der Waals surface area contributed by atoms with Gasteiger partial charge in [0.05, 0.1) is 5.54 Å². The van der Waals surface area contributed by atoms with Crippen LogP contribution in [0.2, 0.25) is 0 Å². The van der Waals surface area contributed by atoms with Crippen LogP contribution in [0.3, 0.4) is 0 Å². The molecule has 0 atom stereocenters. The van der Waals surface area contributed by atoms with E-state index in [0.717, 1.165) is 37.7 Å². The van der Waals surface area contributed by atoms with Crippen molar-refractivity contribution in [2.24, 2.45) is 5.73 Å². The van der Waals surface area contributed by atoms with Crippen molar-refractivity contribution in [3.63, 3.8) is 0 Å². The average Bonchev–Trinajstić information content (AvgIpc) is 2.85. The van der Waals surface area contributed by atoms with Gasteiger partial charge in [-0.3, -0.25) is 4.79 Å². The summed E-state index contributed by atoms with van der Waals surface area (Å²) in [6, 6.07) is 6.39. The summed E-state index contributed by atoms with van der Waals surface area (Å²) in [5.41, 5.74) is 6.52. The first-order chi connectivity index (χ1) is 9.01. The quantitative estimate of drug-likeness (QED) is 0.929. The van der Waals surface area contributed by atoms with Gasteiger partial charge in [-0.25, -0.2) is 4.39 Å². The Morgan fingerprint density at radius 1 is 1.30 bits per heavy atom. The van der Waals surface area contributed by atoms with Crippen molar-refractivity contribution >= 4 is 18.3 Å². The Morgan fingerprint density at radius 2 is 1.85 bits per heavy atom. The van der Waals surface area contributed by atoms with Crippen LogP contribution in [0, 0.1) is 5.82 Å². The summed E-state index contributed by atoms with van der Waals surface area (Å²) in [5.74, 6) is -0.202. The third-order valence-electron chi connectivity index (χ3n) is 3.92. The Balaban J connectivity index is 0.00000200. The standard InChI is InChI=1S/C15H21FN2O.ClH/c1-18(14(19)15(17)9-2-3-10-15)11-8-12-4-6-13(16)7-5-12;/h4-7H,2-3,8-11,17H2,1H3;1H. The van der Waals surface area contributed by atoms with Gasteiger partial charge in [-0.15, -0.1) is 12.4 Å². The molecule has 1 aliphatic carbocycles. The van der Waals surface area contributed by atoms with Crippen LogP contribution in [0.15, 0.2) is 24.3 Å². The molecule has 2 N–H and O–H groups in total. The molecule has 1 fully saturated rings. The van der Waals surface area contributed by atoms with Crippen molar-refractivity contribution < 1.29 is 9.18 Å². The zero-order valence-electron chi connectivity index (χ0n) is 11.8. The number of likely N-dealkylation sites (N-methyl/N-ethyl adjacent to an activating group) is 1. The predicted molar refractivity (Wildman–Crippen MR) is 80.4 cm³/mol. The minimum atomic E-state index is -0.655. The molecule has 5 heteroatoms. The second kappa shape index (κ2) is 7.04. The van der Waals surface area contributed by atoms with Crippen molar-refractivity contribution in [1.29, 1.82) is 0 Å². The third kappa shape index (κ3) is 3.93. The van der Waals surface area contributed by atoms with Crippen LogP contribution in [0.4, 0.5) is 4.39 Å². The zero-order valence-corrected chi connectivity index (χ0v) is 12.6. The molecule has 112 valence electrons. The molecule has 0 radical (unpaired) electrons. The number of halogens is 2. The molecule has 2 rings (SSSR count). The molecule has 1 aromatic carbocycles. The summed E-state index contributed by atoms with van der Waals surface area (Å²) in [6.07, 6.45) is 4.36. The highest BCUT2D eigenvalue weighted by molar-refractivity contribution is 5.86. The number of hydrogen-bond donors (Lipinski definition) is 1. The summed E-state index contributed by atoms with van der Waals surface area (Å²) >= 11 is 0. The van der Waals surface area contributed by atoms with E-state index in [2.05, 4.69) is 0 Å². The first kappa shape index (κ1) is 16.9. The van der Waals surface area contributed by atoms with E-state index in [-0.39, 0.29) is 24.1 Å². The molecule has 0 saturated heterocycles. The monoisotopic (exact) mass is 300 g/mol. The summed E-state index contributed by atoms with van der Waals surface area (Å²) in [7, 11) is 1.79. The zero-order chi connectivity index (χ0) is 13.9. The molecule has 0 aromatic heterocycles. The molecule has 1 aromatic rings. The van der Waals surface area contributed by atoms with E-state index in [0.29, 0.717) is 6.54 Å². The highest BCUT2D eigenvalue weighted by Crippen LogP contribution is 2.28. The number of amides is 1. The lowest BCUT2D eigenvalue weighted by Crippen LogP contribution is -2.52. The van der Waals surface area contributed by atoms with E-state index in [4.69, 9.17) is 5.73 Å². The molecule has 0 unspecified atom stereocenters. The summed E-state index contributed by atoms with van der Waals surface area (Å²) in [6.45, 7) is 0.614. The number of rotatable bonds is 4. The van der Waals surface area contributed by atoms with Gasteiger partial charge in [0, 0.05) is 13.6 Å². The minimum absolute atomic E-state index is 0. The first-order valence-electron chi connectivity index (χ1n) is 6.80. The number of nitrogens with zero attached hydrogens (tertiary/aromatic N) is 1. The van der Waals surface area contributed by atoms with E-state index >= 15 is 0 Å². The van der Waals surface area contributed by atoms with Crippen LogP contribution in [0.25, 0.3) is 0 Å². The smallest absolute Gasteiger partial charge is 0.242 e. The molecule has 0 spiro atoms. The summed E-state index contributed by atoms with van der Waals surface area (Å²) in [4.78, 5) is 14.0. The number of benzene rings is 1. The summed E-state index contributed by atoms with van der Waals surface area (Å²) < 4.78 is 12.8. The molecule has 1 aliphatic rings. The second-order valence-corrected chi connectivity index (χ2v) is 5.47. The number of carbonyl (C=O) groups is 1. The van der Waals surface area contributed by atoms with Crippen LogP contribution in [-0.4, -0.2) is 29.9 Å². The Morgan fingerprint density at radius 3 is 2.40 bits per heavy atom. The lowest BCUT2D eigenvalue weighted by atomic mass is 9.97. The van der Waals surface area contributed by atoms with Crippen molar-refractivity contribution in [3.05, 3.63) is 35.6 Å². The molecule has 0 bridgehead atoms. The van der Waals surface area contributed by atoms with Gasteiger partial charge in [0.1, 0.15) is 5.82 Å². The second-order valence-electron chi connectivity index (χ2n) is 5.47. The fourth-order valence-electron chi connectivity index (χ4n) is 2.65. The molecule has 1 saturated carbocycles. The van der Waals surface area contributed by atoms with Crippen LogP contribution in [0.1, 0.15) is 31.2 Å². The van der Waals surface area contributed by atoms with Crippen LogP contribution in [0.5, 0.6) is 0 Å². The van der Waals surface area contributed by atoms with E-state index in [9.17, 15) is 9.18 Å². The van der Waals surface area contributed by atoms with Gasteiger partial charge < -0.3 is 10.6 Å². The summed E-state index contributed by atoms with van der Waals surface area (Å²) in [5, 5.41) is 0. The Hall–Kier alpha value is -1.13. The SMILES string of the molecule is CN(CCc1ccc(F)cc1)C(=O)C1(N)CCCC1.Cl. The number of hydrogen-bond acceptors (Lipinski definition) is 2. The van der Waals surface area contributed by atoms with Gasteiger partial charge in [-0.1, -0.05) is 25.0 Å². The highest BCUT2D eigenvalue weighted by atomic mass is 35.5. The van der Waals surface area contributed by atoms with Gasteiger partial charge in [0.2, 0.25) is 5.91 Å². The van der Waals surface area contributed by atoms with E-state index in [1.165, 1.54) is 12.1 Å². The van der Waals surface area contributed by atoms with E-state index in [1.807, 2.05) is 0 Å². The van der Waals surface area contributed by atoms with E-state index < -0.39 is 5.54 Å². The Labute approximate surface area is 125 Å². The van der Waals surface area contributed by atoms with Crippen molar-refractivity contribution in [1.82, 2.24) is 4.90 Å². The molecule has 0 heterocycles. The Bertz CT molecular complexity index is 444. The maximum absolute atomic E-state index is 12.8. The minimum Gasteiger partial charge on any atom is -0.344 e. The Kier molecular flexibility index (Phi) is 5.96. The predicted octanol–water partition coefficient (Wildman–Crippen LogP) is 2.52. The molecule has 1 amide bonds. The van der Waals surface area contributed by atoms with Gasteiger partial charge in [0.15, 0.2) is 0 Å². The molecular formula is C15H22ClFN2O. The lowest BCUT2D eigenvalue weighted by molar-refractivity contribution is -0.135. The van der Waals surface area contributed by atoms with Gasteiger partial charge in [-0.05, 0) is 37.0 Å². The largest absolute Gasteiger partial charge is 0.344 e. The average molecular weight is 301 g/mol. The van der Waals surface area contributed by atoms with Gasteiger partial charge in [-0.2, -0.15) is 0 Å². The first-order valence-corrected chi connectivity index (χ1v) is 6.80. The van der Waals surface area contributed by atoms with E-state index in [1.54, 1.807) is 24.1 Å². The highest BCUT2D eigenvalue weighted by Gasteiger charge is 2.38. The number of carbonyl (C=O) groups excluding carboxylic acids is 1. The topological polar surface area (TPSA) is 46.3 Å². The normalized spacial score (nSPS) is 16.6. The van der Waals surface area contributed by atoms with Crippen LogP contribution >= 0.6 is 12.4 Å². The molecule has 0 aliphatic heterocycles. The van der Waals surface area contributed by atoms with Crippen LogP contribution < -0.4 is 5.73 Å². The molecular weight excluding hydrogens is 279 g/mol. The number of nitrogens with two attached hydrogens (primary N) is 1. The van der Waals surface area contributed by atoms with Gasteiger partial charge in [0.25, 0.3) is 0 Å².